The molecule has 1 aromatic carbocycles. The summed E-state index contributed by atoms with van der Waals surface area (Å²) >= 11 is 2.16. The van der Waals surface area contributed by atoms with Crippen molar-refractivity contribution in [3.63, 3.8) is 0 Å². The molecule has 1 nitrogen and oxygen atoms in total. The highest BCUT2D eigenvalue weighted by Gasteiger charge is 2.02. The lowest BCUT2D eigenvalue weighted by atomic mass is 10.1. The zero-order chi connectivity index (χ0) is 8.43. The predicted octanol–water partition coefficient (Wildman–Crippen LogP) is 2.20. The second-order valence-corrected chi connectivity index (χ2v) is 3.56. The third-order valence-corrected chi connectivity index (χ3v) is 2.55. The van der Waals surface area contributed by atoms with Crippen molar-refractivity contribution in [1.29, 1.82) is 0 Å². The lowest BCUT2D eigenvalue weighted by molar-refractivity contribution is 0.615. The Hall–Kier alpha value is -0.160. The van der Waals surface area contributed by atoms with E-state index in [1.165, 1.54) is 6.07 Å². The Morgan fingerprint density at radius 3 is 2.73 bits per heavy atom. The van der Waals surface area contributed by atoms with Crippen LogP contribution in [0.25, 0.3) is 0 Å². The number of hydrogen-bond acceptors (Lipinski definition) is 1. The molecule has 0 aliphatic carbocycles. The fraction of sp³-hybridized carbons (Fsp3) is 0.250. The van der Waals surface area contributed by atoms with Gasteiger partial charge in [-0.25, -0.2) is 4.39 Å². The molecule has 0 aliphatic rings. The van der Waals surface area contributed by atoms with E-state index >= 15 is 0 Å². The lowest BCUT2D eigenvalue weighted by Crippen LogP contribution is -2.00. The summed E-state index contributed by atoms with van der Waals surface area (Å²) in [6, 6.07) is 3.30. The van der Waals surface area contributed by atoms with E-state index in [-0.39, 0.29) is 5.82 Å². The molecule has 2 N–H and O–H groups in total. The van der Waals surface area contributed by atoms with E-state index in [1.807, 2.05) is 0 Å². The highest BCUT2D eigenvalue weighted by atomic mass is 127. The molecule has 0 aliphatic heterocycles. The SMILES string of the molecule is Cc1cc(I)c(CN)cc1F. The summed E-state index contributed by atoms with van der Waals surface area (Å²) in [7, 11) is 0. The normalized spacial score (nSPS) is 10.2. The fourth-order valence-corrected chi connectivity index (χ4v) is 1.69. The molecule has 0 spiro atoms. The van der Waals surface area contributed by atoms with Crippen molar-refractivity contribution in [2.75, 3.05) is 0 Å². The number of halogens is 2. The van der Waals surface area contributed by atoms with Crippen LogP contribution in [0.1, 0.15) is 11.1 Å². The van der Waals surface area contributed by atoms with Gasteiger partial charge in [-0.15, -0.1) is 0 Å². The second kappa shape index (κ2) is 3.49. The zero-order valence-electron chi connectivity index (χ0n) is 6.20. The molecule has 0 saturated heterocycles. The Morgan fingerprint density at radius 1 is 1.55 bits per heavy atom. The number of rotatable bonds is 1. The van der Waals surface area contributed by atoms with Gasteiger partial charge in [0.1, 0.15) is 5.82 Å². The zero-order valence-corrected chi connectivity index (χ0v) is 8.35. The molecule has 0 saturated carbocycles. The van der Waals surface area contributed by atoms with E-state index in [0.717, 1.165) is 9.13 Å². The largest absolute Gasteiger partial charge is 0.326 e. The molecule has 0 atom stereocenters. The van der Waals surface area contributed by atoms with Crippen LogP contribution in [0.15, 0.2) is 12.1 Å². The molecule has 0 amide bonds. The molecule has 1 aromatic rings. The highest BCUT2D eigenvalue weighted by molar-refractivity contribution is 14.1. The second-order valence-electron chi connectivity index (χ2n) is 2.40. The van der Waals surface area contributed by atoms with Gasteiger partial charge in [-0.2, -0.15) is 0 Å². The highest BCUT2D eigenvalue weighted by Crippen LogP contribution is 2.16. The molecule has 3 heteroatoms. The van der Waals surface area contributed by atoms with Crippen LogP contribution in [0.3, 0.4) is 0 Å². The maximum atomic E-state index is 12.9. The standard InChI is InChI=1S/C8H9FIN/c1-5-2-8(10)6(4-11)3-7(5)9/h2-3H,4,11H2,1H3. The van der Waals surface area contributed by atoms with Crippen molar-refractivity contribution < 1.29 is 4.39 Å². The predicted molar refractivity (Wildman–Crippen MR) is 51.7 cm³/mol. The van der Waals surface area contributed by atoms with Crippen molar-refractivity contribution in [1.82, 2.24) is 0 Å². The summed E-state index contributed by atoms with van der Waals surface area (Å²) in [5.74, 6) is -0.175. The van der Waals surface area contributed by atoms with E-state index in [4.69, 9.17) is 5.73 Å². The first kappa shape index (κ1) is 8.93. The summed E-state index contributed by atoms with van der Waals surface area (Å²) in [5.41, 5.74) is 6.94. The van der Waals surface area contributed by atoms with Gasteiger partial charge in [0.2, 0.25) is 0 Å². The minimum absolute atomic E-state index is 0.175. The first-order valence-electron chi connectivity index (χ1n) is 3.29. The Bertz CT molecular complexity index is 273. The van der Waals surface area contributed by atoms with Crippen molar-refractivity contribution in [3.05, 3.63) is 32.6 Å². The van der Waals surface area contributed by atoms with E-state index in [9.17, 15) is 4.39 Å². The number of hydrogen-bond donors (Lipinski definition) is 1. The van der Waals surface area contributed by atoms with Crippen molar-refractivity contribution in [2.24, 2.45) is 5.73 Å². The first-order valence-corrected chi connectivity index (χ1v) is 4.37. The molecular weight excluding hydrogens is 256 g/mol. The Kier molecular flexibility index (Phi) is 2.84. The van der Waals surface area contributed by atoms with Crippen LogP contribution in [-0.2, 0) is 6.54 Å². The molecule has 11 heavy (non-hydrogen) atoms. The number of benzene rings is 1. The smallest absolute Gasteiger partial charge is 0.126 e. The molecular formula is C8H9FIN. The average Bonchev–Trinajstić information content (AvgIpc) is 1.97. The van der Waals surface area contributed by atoms with Gasteiger partial charge in [0, 0.05) is 10.1 Å². The van der Waals surface area contributed by atoms with Crippen molar-refractivity contribution >= 4 is 22.6 Å². The van der Waals surface area contributed by atoms with Gasteiger partial charge >= 0.3 is 0 Å². The van der Waals surface area contributed by atoms with Gasteiger partial charge in [-0.05, 0) is 52.8 Å². The summed E-state index contributed by atoms with van der Waals surface area (Å²) in [5, 5.41) is 0. The molecule has 0 heterocycles. The average molecular weight is 265 g/mol. The summed E-state index contributed by atoms with van der Waals surface area (Å²) in [4.78, 5) is 0. The quantitative estimate of drug-likeness (QED) is 0.774. The van der Waals surface area contributed by atoms with Gasteiger partial charge in [-0.1, -0.05) is 0 Å². The monoisotopic (exact) mass is 265 g/mol. The summed E-state index contributed by atoms with van der Waals surface area (Å²) in [6.45, 7) is 2.15. The van der Waals surface area contributed by atoms with E-state index in [2.05, 4.69) is 22.6 Å². The lowest BCUT2D eigenvalue weighted by Gasteiger charge is -2.03. The molecule has 1 rings (SSSR count). The van der Waals surface area contributed by atoms with Crippen molar-refractivity contribution in [3.8, 4) is 0 Å². The van der Waals surface area contributed by atoms with Crippen LogP contribution in [0.4, 0.5) is 4.39 Å². The minimum atomic E-state index is -0.175. The van der Waals surface area contributed by atoms with E-state index in [1.54, 1.807) is 13.0 Å². The van der Waals surface area contributed by atoms with Crippen LogP contribution < -0.4 is 5.73 Å². The van der Waals surface area contributed by atoms with Crippen LogP contribution in [0.5, 0.6) is 0 Å². The van der Waals surface area contributed by atoms with E-state index < -0.39 is 0 Å². The van der Waals surface area contributed by atoms with Crippen LogP contribution in [0.2, 0.25) is 0 Å². The van der Waals surface area contributed by atoms with Crippen molar-refractivity contribution in [2.45, 2.75) is 13.5 Å². The molecule has 60 valence electrons. The first-order chi connectivity index (χ1) is 5.15. The summed E-state index contributed by atoms with van der Waals surface area (Å²) < 4.78 is 13.9. The van der Waals surface area contributed by atoms with Gasteiger partial charge in [0.15, 0.2) is 0 Å². The maximum Gasteiger partial charge on any atom is 0.126 e. The Morgan fingerprint density at radius 2 is 2.18 bits per heavy atom. The molecule has 0 bridgehead atoms. The van der Waals surface area contributed by atoms with Crippen LogP contribution in [0, 0.1) is 16.3 Å². The van der Waals surface area contributed by atoms with Crippen LogP contribution >= 0.6 is 22.6 Å². The maximum absolute atomic E-state index is 12.9. The Labute approximate surface area is 78.9 Å². The minimum Gasteiger partial charge on any atom is -0.326 e. The van der Waals surface area contributed by atoms with Gasteiger partial charge in [0.25, 0.3) is 0 Å². The van der Waals surface area contributed by atoms with E-state index in [0.29, 0.717) is 12.1 Å². The van der Waals surface area contributed by atoms with Gasteiger partial charge in [0.05, 0.1) is 0 Å². The molecule has 0 unspecified atom stereocenters. The fourth-order valence-electron chi connectivity index (χ4n) is 0.844. The third-order valence-electron chi connectivity index (χ3n) is 1.55. The number of aryl methyl sites for hydroxylation is 1. The molecule has 0 radical (unpaired) electrons. The Balaban J connectivity index is 3.21. The van der Waals surface area contributed by atoms with Gasteiger partial charge < -0.3 is 5.73 Å². The van der Waals surface area contributed by atoms with Gasteiger partial charge in [-0.3, -0.25) is 0 Å². The number of nitrogens with two attached hydrogens (primary N) is 1. The van der Waals surface area contributed by atoms with Crippen LogP contribution in [-0.4, -0.2) is 0 Å². The third kappa shape index (κ3) is 1.90. The summed E-state index contributed by atoms with van der Waals surface area (Å²) in [6.07, 6.45) is 0. The molecule has 0 aromatic heterocycles. The molecule has 0 fully saturated rings. The topological polar surface area (TPSA) is 26.0 Å².